The van der Waals surface area contributed by atoms with Crippen LogP contribution in [0.3, 0.4) is 0 Å². The van der Waals surface area contributed by atoms with Crippen LogP contribution in [0.4, 0.5) is 19.0 Å². The van der Waals surface area contributed by atoms with Crippen LogP contribution in [0.25, 0.3) is 11.4 Å². The van der Waals surface area contributed by atoms with E-state index in [4.69, 9.17) is 0 Å². The first-order valence-electron chi connectivity index (χ1n) is 6.23. The highest BCUT2D eigenvalue weighted by atomic mass is 19.4. The highest BCUT2D eigenvalue weighted by Gasteiger charge is 2.35. The first kappa shape index (κ1) is 13.7. The minimum atomic E-state index is -4.55. The predicted molar refractivity (Wildman–Crippen MR) is 68.5 cm³/mol. The van der Waals surface area contributed by atoms with E-state index >= 15 is 0 Å². The van der Waals surface area contributed by atoms with Gasteiger partial charge in [-0.3, -0.25) is 4.98 Å². The highest BCUT2D eigenvalue weighted by molar-refractivity contribution is 5.58. The number of nitrogens with zero attached hydrogens (tertiary/aromatic N) is 4. The summed E-state index contributed by atoms with van der Waals surface area (Å²) in [6.45, 7) is 0.536. The molecule has 0 atom stereocenters. The lowest BCUT2D eigenvalue weighted by Crippen LogP contribution is -2.51. The van der Waals surface area contributed by atoms with E-state index < -0.39 is 18.0 Å². The molecule has 0 saturated carbocycles. The van der Waals surface area contributed by atoms with E-state index in [1.54, 1.807) is 17.0 Å². The summed E-state index contributed by atoms with van der Waals surface area (Å²) in [6.07, 6.45) is -2.15. The predicted octanol–water partition coefficient (Wildman–Crippen LogP) is 1.74. The third-order valence-electron chi connectivity index (χ3n) is 3.13. The smallest absolute Gasteiger partial charge is 0.389 e. The number of anilines is 1. The van der Waals surface area contributed by atoms with E-state index in [1.165, 1.54) is 12.4 Å². The quantitative estimate of drug-likeness (QED) is 0.914. The molecule has 0 unspecified atom stereocenters. The fraction of sp³-hybridized carbons (Fsp3) is 0.308. The number of alkyl halides is 3. The summed E-state index contributed by atoms with van der Waals surface area (Å²) in [7, 11) is 0. The van der Waals surface area contributed by atoms with Crippen molar-refractivity contribution in [2.24, 2.45) is 0 Å². The second kappa shape index (κ2) is 4.96. The lowest BCUT2D eigenvalue weighted by atomic mass is 10.1. The molecular formula is C13H11F3N4O. The van der Waals surface area contributed by atoms with Crippen LogP contribution in [0, 0.1) is 0 Å². The number of β-amino-alcohol motifs (C(OH)–C–C–N with tert-alkyl or cyclic N) is 1. The van der Waals surface area contributed by atoms with Crippen LogP contribution < -0.4 is 4.90 Å². The van der Waals surface area contributed by atoms with Gasteiger partial charge in [-0.25, -0.2) is 9.97 Å². The zero-order chi connectivity index (χ0) is 15.0. The van der Waals surface area contributed by atoms with Gasteiger partial charge in [-0.05, 0) is 12.1 Å². The molecule has 0 aliphatic carbocycles. The molecule has 0 radical (unpaired) electrons. The van der Waals surface area contributed by atoms with E-state index in [9.17, 15) is 18.3 Å². The third-order valence-corrected chi connectivity index (χ3v) is 3.13. The SMILES string of the molecule is OC1CN(c2cc(C(F)(F)F)nc(-c3ccncc3)n2)C1. The summed E-state index contributed by atoms with van der Waals surface area (Å²) in [6, 6.07) is 3.99. The molecule has 8 heteroatoms. The van der Waals surface area contributed by atoms with Crippen molar-refractivity contribution in [3.8, 4) is 11.4 Å². The van der Waals surface area contributed by atoms with Gasteiger partial charge in [-0.15, -0.1) is 0 Å². The number of rotatable bonds is 2. The number of pyridine rings is 1. The Balaban J connectivity index is 2.05. The Labute approximate surface area is 118 Å². The fourth-order valence-corrected chi connectivity index (χ4v) is 2.01. The summed E-state index contributed by atoms with van der Waals surface area (Å²) in [5.74, 6) is 0.151. The van der Waals surface area contributed by atoms with Crippen molar-refractivity contribution >= 4 is 5.82 Å². The van der Waals surface area contributed by atoms with E-state index in [1.807, 2.05) is 0 Å². The molecule has 0 spiro atoms. The highest BCUT2D eigenvalue weighted by Crippen LogP contribution is 2.32. The van der Waals surface area contributed by atoms with Crippen LogP contribution in [-0.2, 0) is 6.18 Å². The molecule has 2 aromatic rings. The Bertz CT molecular complexity index is 642. The van der Waals surface area contributed by atoms with Crippen LogP contribution >= 0.6 is 0 Å². The van der Waals surface area contributed by atoms with Crippen LogP contribution in [0.5, 0.6) is 0 Å². The van der Waals surface area contributed by atoms with Gasteiger partial charge < -0.3 is 10.0 Å². The molecule has 1 saturated heterocycles. The van der Waals surface area contributed by atoms with Crippen LogP contribution in [0.1, 0.15) is 5.69 Å². The van der Waals surface area contributed by atoms with Crippen LogP contribution in [0.15, 0.2) is 30.6 Å². The van der Waals surface area contributed by atoms with E-state index in [2.05, 4.69) is 15.0 Å². The lowest BCUT2D eigenvalue weighted by molar-refractivity contribution is -0.141. The number of aliphatic hydroxyl groups is 1. The van der Waals surface area contributed by atoms with Gasteiger partial charge in [-0.1, -0.05) is 0 Å². The maximum Gasteiger partial charge on any atom is 0.433 e. The first-order chi connectivity index (χ1) is 9.93. The molecule has 110 valence electrons. The zero-order valence-electron chi connectivity index (χ0n) is 10.7. The standard InChI is InChI=1S/C13H11F3N4O/c14-13(15,16)10-5-11(20-6-9(21)7-20)19-12(18-10)8-1-3-17-4-2-8/h1-5,9,21H,6-7H2. The third kappa shape index (κ3) is 2.80. The number of aliphatic hydroxyl groups excluding tert-OH is 1. The van der Waals surface area contributed by atoms with E-state index in [-0.39, 0.29) is 24.7 Å². The summed E-state index contributed by atoms with van der Waals surface area (Å²) in [5, 5.41) is 9.28. The van der Waals surface area contributed by atoms with E-state index in [0.717, 1.165) is 6.07 Å². The topological polar surface area (TPSA) is 62.1 Å². The molecule has 2 aromatic heterocycles. The number of halogens is 3. The molecule has 1 fully saturated rings. The molecule has 5 nitrogen and oxygen atoms in total. The van der Waals surface area contributed by atoms with Crippen molar-refractivity contribution in [2.75, 3.05) is 18.0 Å². The molecule has 3 heterocycles. The van der Waals surface area contributed by atoms with Gasteiger partial charge in [0.2, 0.25) is 0 Å². The van der Waals surface area contributed by atoms with E-state index in [0.29, 0.717) is 5.56 Å². The fourth-order valence-electron chi connectivity index (χ4n) is 2.01. The lowest BCUT2D eigenvalue weighted by Gasteiger charge is -2.37. The summed E-state index contributed by atoms with van der Waals surface area (Å²) < 4.78 is 38.9. The number of hydrogen-bond donors (Lipinski definition) is 1. The van der Waals surface area contributed by atoms with Crippen molar-refractivity contribution in [3.05, 3.63) is 36.3 Å². The van der Waals surface area contributed by atoms with Gasteiger partial charge in [0.15, 0.2) is 11.5 Å². The van der Waals surface area contributed by atoms with Gasteiger partial charge in [0, 0.05) is 37.1 Å². The normalized spacial score (nSPS) is 15.9. The monoisotopic (exact) mass is 296 g/mol. The molecule has 1 N–H and O–H groups in total. The van der Waals surface area contributed by atoms with Crippen molar-refractivity contribution in [2.45, 2.75) is 12.3 Å². The molecule has 3 rings (SSSR count). The first-order valence-corrected chi connectivity index (χ1v) is 6.23. The molecule has 1 aliphatic heterocycles. The zero-order valence-corrected chi connectivity index (χ0v) is 10.7. The Morgan fingerprint density at radius 1 is 1.14 bits per heavy atom. The Morgan fingerprint density at radius 3 is 2.38 bits per heavy atom. The van der Waals surface area contributed by atoms with Crippen LogP contribution in [0.2, 0.25) is 0 Å². The maximum atomic E-state index is 13.0. The molecule has 0 aromatic carbocycles. The molecule has 0 amide bonds. The van der Waals surface area contributed by atoms with Gasteiger partial charge in [0.1, 0.15) is 5.82 Å². The summed E-state index contributed by atoms with van der Waals surface area (Å²) in [4.78, 5) is 13.1. The molecule has 1 aliphatic rings. The van der Waals surface area contributed by atoms with Crippen molar-refractivity contribution in [3.63, 3.8) is 0 Å². The average Bonchev–Trinajstić information content (AvgIpc) is 2.43. The van der Waals surface area contributed by atoms with Crippen molar-refractivity contribution < 1.29 is 18.3 Å². The second-order valence-corrected chi connectivity index (χ2v) is 4.73. The average molecular weight is 296 g/mol. The Morgan fingerprint density at radius 2 is 1.81 bits per heavy atom. The van der Waals surface area contributed by atoms with Gasteiger partial charge >= 0.3 is 6.18 Å². The van der Waals surface area contributed by atoms with Gasteiger partial charge in [0.25, 0.3) is 0 Å². The van der Waals surface area contributed by atoms with Gasteiger partial charge in [-0.2, -0.15) is 13.2 Å². The molecule has 21 heavy (non-hydrogen) atoms. The Hall–Kier alpha value is -2.22. The second-order valence-electron chi connectivity index (χ2n) is 4.73. The minimum Gasteiger partial charge on any atom is -0.389 e. The Kier molecular flexibility index (Phi) is 3.25. The van der Waals surface area contributed by atoms with Crippen LogP contribution in [-0.4, -0.2) is 39.3 Å². The van der Waals surface area contributed by atoms with Crippen molar-refractivity contribution in [1.29, 1.82) is 0 Å². The largest absolute Gasteiger partial charge is 0.433 e. The maximum absolute atomic E-state index is 13.0. The minimum absolute atomic E-state index is 0.0105. The summed E-state index contributed by atoms with van der Waals surface area (Å²) >= 11 is 0. The number of hydrogen-bond acceptors (Lipinski definition) is 5. The summed E-state index contributed by atoms with van der Waals surface area (Å²) in [5.41, 5.74) is -0.542. The van der Waals surface area contributed by atoms with Gasteiger partial charge in [0.05, 0.1) is 6.10 Å². The number of aromatic nitrogens is 3. The van der Waals surface area contributed by atoms with Crippen molar-refractivity contribution in [1.82, 2.24) is 15.0 Å². The molecule has 0 bridgehead atoms. The molecular weight excluding hydrogens is 285 g/mol.